The zero-order valence-electron chi connectivity index (χ0n) is 16.9. The Balaban J connectivity index is 1.56. The maximum Gasteiger partial charge on any atom is 0.305 e. The van der Waals surface area contributed by atoms with E-state index in [4.69, 9.17) is 5.11 Å². The molecule has 3 rings (SSSR count). The first-order valence-corrected chi connectivity index (χ1v) is 10.1. The molecule has 1 aliphatic carbocycles. The Hall–Kier alpha value is -3.08. The molecule has 0 bridgehead atoms. The van der Waals surface area contributed by atoms with Gasteiger partial charge in [-0.3, -0.25) is 9.59 Å². The number of nitrogens with zero attached hydrogens (tertiary/aromatic N) is 1. The van der Waals surface area contributed by atoms with Gasteiger partial charge in [-0.15, -0.1) is 0 Å². The van der Waals surface area contributed by atoms with Gasteiger partial charge in [0.1, 0.15) is 0 Å². The van der Waals surface area contributed by atoms with E-state index in [0.29, 0.717) is 5.56 Å². The van der Waals surface area contributed by atoms with Crippen molar-refractivity contribution < 1.29 is 14.7 Å². The second-order valence-electron chi connectivity index (χ2n) is 7.47. The average Bonchev–Trinajstić information content (AvgIpc) is 2.74. The molecule has 5 heteroatoms. The van der Waals surface area contributed by atoms with E-state index >= 15 is 0 Å². The SMILES string of the molecule is CN(Cc1ccc(C(=O)NCCC(=O)O)cc1)c1ccc(C2=CCCCC2)cc1. The minimum atomic E-state index is -0.924. The van der Waals surface area contributed by atoms with E-state index in [1.807, 2.05) is 12.1 Å². The standard InChI is InChI=1S/C24H28N2O3/c1-26(22-13-11-20(12-14-22)19-5-3-2-4-6-19)17-18-7-9-21(10-8-18)24(29)25-16-15-23(27)28/h5,7-14H,2-4,6,15-17H2,1H3,(H,25,29)(H,27,28). The molecule has 0 radical (unpaired) electrons. The van der Waals surface area contributed by atoms with Crippen LogP contribution in [0.4, 0.5) is 5.69 Å². The van der Waals surface area contributed by atoms with E-state index in [1.54, 1.807) is 12.1 Å². The van der Waals surface area contributed by atoms with Crippen LogP contribution in [0.5, 0.6) is 0 Å². The summed E-state index contributed by atoms with van der Waals surface area (Å²) in [5.41, 5.74) is 5.57. The van der Waals surface area contributed by atoms with Gasteiger partial charge < -0.3 is 15.3 Å². The predicted molar refractivity (Wildman–Crippen MR) is 116 cm³/mol. The van der Waals surface area contributed by atoms with Crippen molar-refractivity contribution in [2.24, 2.45) is 0 Å². The molecule has 5 nitrogen and oxygen atoms in total. The van der Waals surface area contributed by atoms with Crippen LogP contribution in [0.15, 0.2) is 54.6 Å². The molecule has 2 N–H and O–H groups in total. The number of anilines is 1. The third-order valence-corrected chi connectivity index (χ3v) is 5.23. The first-order valence-electron chi connectivity index (χ1n) is 10.1. The maximum atomic E-state index is 12.0. The highest BCUT2D eigenvalue weighted by Gasteiger charge is 2.09. The molecule has 1 amide bonds. The van der Waals surface area contributed by atoms with Crippen LogP contribution in [0.1, 0.15) is 53.6 Å². The lowest BCUT2D eigenvalue weighted by Gasteiger charge is -2.21. The molecule has 0 saturated carbocycles. The van der Waals surface area contributed by atoms with Crippen LogP contribution in [-0.2, 0) is 11.3 Å². The maximum absolute atomic E-state index is 12.0. The number of allylic oxidation sites excluding steroid dienone is 2. The van der Waals surface area contributed by atoms with Gasteiger partial charge in [-0.1, -0.05) is 30.3 Å². The fourth-order valence-electron chi connectivity index (χ4n) is 3.54. The number of rotatable bonds is 8. The van der Waals surface area contributed by atoms with Crippen molar-refractivity contribution in [3.63, 3.8) is 0 Å². The Morgan fingerprint density at radius 1 is 1.03 bits per heavy atom. The van der Waals surface area contributed by atoms with Gasteiger partial charge in [0, 0.05) is 31.4 Å². The lowest BCUT2D eigenvalue weighted by atomic mass is 9.93. The van der Waals surface area contributed by atoms with Crippen molar-refractivity contribution in [3.05, 3.63) is 71.3 Å². The van der Waals surface area contributed by atoms with Gasteiger partial charge in [0.05, 0.1) is 6.42 Å². The quantitative estimate of drug-likeness (QED) is 0.695. The predicted octanol–water partition coefficient (Wildman–Crippen LogP) is 4.48. The second-order valence-corrected chi connectivity index (χ2v) is 7.47. The molecule has 152 valence electrons. The van der Waals surface area contributed by atoms with Crippen molar-refractivity contribution in [2.75, 3.05) is 18.5 Å². The van der Waals surface area contributed by atoms with E-state index in [1.165, 1.54) is 36.8 Å². The first-order chi connectivity index (χ1) is 14.0. The highest BCUT2D eigenvalue weighted by Crippen LogP contribution is 2.28. The Morgan fingerprint density at radius 2 is 1.76 bits per heavy atom. The molecule has 0 atom stereocenters. The van der Waals surface area contributed by atoms with Crippen LogP contribution in [0.2, 0.25) is 0 Å². The van der Waals surface area contributed by atoms with Gasteiger partial charge in [0.25, 0.3) is 5.91 Å². The number of carboxylic acids is 1. The number of carbonyl (C=O) groups is 2. The van der Waals surface area contributed by atoms with Crippen molar-refractivity contribution in [1.29, 1.82) is 0 Å². The summed E-state index contributed by atoms with van der Waals surface area (Å²) >= 11 is 0. The Bertz CT molecular complexity index is 870. The van der Waals surface area contributed by atoms with Gasteiger partial charge in [0.15, 0.2) is 0 Å². The summed E-state index contributed by atoms with van der Waals surface area (Å²) in [6.45, 7) is 0.870. The molecular weight excluding hydrogens is 364 g/mol. The molecule has 0 spiro atoms. The molecule has 0 unspecified atom stereocenters. The molecule has 0 aliphatic heterocycles. The van der Waals surface area contributed by atoms with E-state index in [0.717, 1.165) is 17.8 Å². The Kier molecular flexibility index (Phi) is 7.06. The summed E-state index contributed by atoms with van der Waals surface area (Å²) in [6, 6.07) is 16.1. The number of carbonyl (C=O) groups excluding carboxylic acids is 1. The van der Waals surface area contributed by atoms with Crippen LogP contribution in [0.3, 0.4) is 0 Å². The number of nitrogens with one attached hydrogen (secondary N) is 1. The van der Waals surface area contributed by atoms with Crippen LogP contribution in [-0.4, -0.2) is 30.6 Å². The molecular formula is C24H28N2O3. The Labute approximate surface area is 172 Å². The molecule has 0 saturated heterocycles. The normalized spacial score (nSPS) is 13.5. The van der Waals surface area contributed by atoms with E-state index in [-0.39, 0.29) is 18.9 Å². The minimum absolute atomic E-state index is 0.0787. The van der Waals surface area contributed by atoms with Crippen LogP contribution < -0.4 is 10.2 Å². The summed E-state index contributed by atoms with van der Waals surface area (Å²) in [5.74, 6) is -1.18. The lowest BCUT2D eigenvalue weighted by Crippen LogP contribution is -2.26. The highest BCUT2D eigenvalue weighted by molar-refractivity contribution is 5.94. The largest absolute Gasteiger partial charge is 0.481 e. The lowest BCUT2D eigenvalue weighted by molar-refractivity contribution is -0.136. The number of benzene rings is 2. The van der Waals surface area contributed by atoms with E-state index in [9.17, 15) is 9.59 Å². The summed E-state index contributed by atoms with van der Waals surface area (Å²) in [4.78, 5) is 24.7. The Morgan fingerprint density at radius 3 is 2.38 bits per heavy atom. The summed E-state index contributed by atoms with van der Waals surface area (Å²) in [7, 11) is 2.06. The number of carboxylic acid groups (broad SMARTS) is 1. The molecule has 0 fully saturated rings. The second kappa shape index (κ2) is 9.92. The molecule has 0 heterocycles. The molecule has 1 aliphatic rings. The van der Waals surface area contributed by atoms with Crippen molar-refractivity contribution >= 4 is 23.1 Å². The highest BCUT2D eigenvalue weighted by atomic mass is 16.4. The molecule has 2 aromatic rings. The van der Waals surface area contributed by atoms with Crippen molar-refractivity contribution in [1.82, 2.24) is 5.32 Å². The van der Waals surface area contributed by atoms with E-state index in [2.05, 4.69) is 47.6 Å². The molecule has 0 aromatic heterocycles. The number of amides is 1. The third kappa shape index (κ3) is 5.95. The summed E-state index contributed by atoms with van der Waals surface area (Å²) in [5, 5.41) is 11.2. The summed E-state index contributed by atoms with van der Waals surface area (Å²) < 4.78 is 0. The van der Waals surface area contributed by atoms with Gasteiger partial charge in [-0.25, -0.2) is 0 Å². The number of hydrogen-bond donors (Lipinski definition) is 2. The fraction of sp³-hybridized carbons (Fsp3) is 0.333. The molecule has 2 aromatic carbocycles. The van der Waals surface area contributed by atoms with Gasteiger partial charge in [-0.05, 0) is 66.6 Å². The van der Waals surface area contributed by atoms with Crippen molar-refractivity contribution in [3.8, 4) is 0 Å². The van der Waals surface area contributed by atoms with Crippen LogP contribution in [0, 0.1) is 0 Å². The number of aliphatic carboxylic acids is 1. The first kappa shape index (κ1) is 20.6. The third-order valence-electron chi connectivity index (χ3n) is 5.23. The van der Waals surface area contributed by atoms with Gasteiger partial charge in [0.2, 0.25) is 0 Å². The smallest absolute Gasteiger partial charge is 0.305 e. The zero-order valence-corrected chi connectivity index (χ0v) is 16.9. The van der Waals surface area contributed by atoms with Gasteiger partial charge >= 0.3 is 5.97 Å². The zero-order chi connectivity index (χ0) is 20.6. The van der Waals surface area contributed by atoms with Crippen molar-refractivity contribution in [2.45, 2.75) is 38.6 Å². The minimum Gasteiger partial charge on any atom is -0.481 e. The van der Waals surface area contributed by atoms with Crippen LogP contribution >= 0.6 is 0 Å². The monoisotopic (exact) mass is 392 g/mol. The topological polar surface area (TPSA) is 69.6 Å². The molecule has 29 heavy (non-hydrogen) atoms. The summed E-state index contributed by atoms with van der Waals surface area (Å²) in [6.07, 6.45) is 7.22. The number of hydrogen-bond acceptors (Lipinski definition) is 3. The van der Waals surface area contributed by atoms with Crippen LogP contribution in [0.25, 0.3) is 5.57 Å². The van der Waals surface area contributed by atoms with E-state index < -0.39 is 5.97 Å². The fourth-order valence-corrected chi connectivity index (χ4v) is 3.54. The van der Waals surface area contributed by atoms with Gasteiger partial charge in [-0.2, -0.15) is 0 Å². The average molecular weight is 392 g/mol.